The SMILES string of the molecule is NC(=O)Cc1c(Cl)ccc(O)c1F. The van der Waals surface area contributed by atoms with Gasteiger partial charge in [-0.2, -0.15) is 0 Å². The second-order valence-electron chi connectivity index (χ2n) is 2.50. The van der Waals surface area contributed by atoms with Gasteiger partial charge in [0.25, 0.3) is 0 Å². The van der Waals surface area contributed by atoms with Crippen molar-refractivity contribution in [1.29, 1.82) is 0 Å². The van der Waals surface area contributed by atoms with E-state index in [4.69, 9.17) is 22.4 Å². The van der Waals surface area contributed by atoms with Crippen molar-refractivity contribution in [3.8, 4) is 5.75 Å². The van der Waals surface area contributed by atoms with Gasteiger partial charge in [-0.05, 0) is 12.1 Å². The number of rotatable bonds is 2. The van der Waals surface area contributed by atoms with Crippen LogP contribution in [-0.2, 0) is 11.2 Å². The molecule has 1 aromatic carbocycles. The number of carbonyl (C=O) groups is 1. The summed E-state index contributed by atoms with van der Waals surface area (Å²) in [4.78, 5) is 10.5. The number of primary amides is 1. The maximum absolute atomic E-state index is 13.1. The lowest BCUT2D eigenvalue weighted by atomic mass is 10.1. The van der Waals surface area contributed by atoms with E-state index in [9.17, 15) is 9.18 Å². The van der Waals surface area contributed by atoms with E-state index in [0.29, 0.717) is 0 Å². The van der Waals surface area contributed by atoms with Gasteiger partial charge in [0.15, 0.2) is 11.6 Å². The van der Waals surface area contributed by atoms with Crippen molar-refractivity contribution in [3.63, 3.8) is 0 Å². The van der Waals surface area contributed by atoms with E-state index >= 15 is 0 Å². The van der Waals surface area contributed by atoms with Crippen molar-refractivity contribution >= 4 is 17.5 Å². The van der Waals surface area contributed by atoms with Gasteiger partial charge in [-0.3, -0.25) is 4.79 Å². The van der Waals surface area contributed by atoms with Gasteiger partial charge < -0.3 is 10.8 Å². The third-order valence-corrected chi connectivity index (χ3v) is 1.87. The van der Waals surface area contributed by atoms with Crippen molar-refractivity contribution in [2.45, 2.75) is 6.42 Å². The molecule has 0 radical (unpaired) electrons. The van der Waals surface area contributed by atoms with Gasteiger partial charge >= 0.3 is 0 Å². The smallest absolute Gasteiger partial charge is 0.222 e. The highest BCUT2D eigenvalue weighted by Crippen LogP contribution is 2.26. The summed E-state index contributed by atoms with van der Waals surface area (Å²) < 4.78 is 13.1. The number of hydrogen-bond donors (Lipinski definition) is 2. The normalized spacial score (nSPS) is 10.0. The molecule has 0 bridgehead atoms. The van der Waals surface area contributed by atoms with Crippen LogP contribution in [-0.4, -0.2) is 11.0 Å². The van der Waals surface area contributed by atoms with Crippen LogP contribution in [0.5, 0.6) is 5.75 Å². The van der Waals surface area contributed by atoms with Crippen molar-refractivity contribution in [2.24, 2.45) is 5.73 Å². The van der Waals surface area contributed by atoms with Crippen LogP contribution in [0.3, 0.4) is 0 Å². The molecule has 0 saturated carbocycles. The van der Waals surface area contributed by atoms with Gasteiger partial charge in [0.1, 0.15) is 0 Å². The van der Waals surface area contributed by atoms with Crippen molar-refractivity contribution < 1.29 is 14.3 Å². The molecule has 5 heteroatoms. The molecule has 1 rings (SSSR count). The topological polar surface area (TPSA) is 63.3 Å². The van der Waals surface area contributed by atoms with E-state index < -0.39 is 17.5 Å². The van der Waals surface area contributed by atoms with E-state index in [1.807, 2.05) is 0 Å². The van der Waals surface area contributed by atoms with Crippen molar-refractivity contribution in [2.75, 3.05) is 0 Å². The van der Waals surface area contributed by atoms with E-state index in [1.54, 1.807) is 0 Å². The van der Waals surface area contributed by atoms with E-state index in [1.165, 1.54) is 6.07 Å². The van der Waals surface area contributed by atoms with E-state index in [0.717, 1.165) is 6.07 Å². The largest absolute Gasteiger partial charge is 0.505 e. The first-order valence-corrected chi connectivity index (χ1v) is 3.84. The van der Waals surface area contributed by atoms with Crippen molar-refractivity contribution in [1.82, 2.24) is 0 Å². The number of nitrogens with two attached hydrogens (primary N) is 1. The first-order chi connectivity index (χ1) is 6.02. The summed E-state index contributed by atoms with van der Waals surface area (Å²) in [6.45, 7) is 0. The molecule has 3 N–H and O–H groups in total. The minimum absolute atomic E-state index is 0.0748. The molecule has 13 heavy (non-hydrogen) atoms. The Bertz CT molecular complexity index is 354. The second kappa shape index (κ2) is 3.62. The molecule has 0 aliphatic heterocycles. The lowest BCUT2D eigenvalue weighted by Gasteiger charge is -2.04. The molecule has 3 nitrogen and oxygen atoms in total. The fourth-order valence-electron chi connectivity index (χ4n) is 0.922. The molecular weight excluding hydrogens is 197 g/mol. The fraction of sp³-hybridized carbons (Fsp3) is 0.125. The van der Waals surface area contributed by atoms with Gasteiger partial charge in [-0.1, -0.05) is 11.6 Å². The molecule has 0 aliphatic rings. The first kappa shape index (κ1) is 9.80. The zero-order valence-corrected chi connectivity index (χ0v) is 7.31. The Morgan fingerprint density at radius 1 is 1.62 bits per heavy atom. The highest BCUT2D eigenvalue weighted by atomic mass is 35.5. The minimum Gasteiger partial charge on any atom is -0.505 e. The molecule has 1 aromatic rings. The van der Waals surface area contributed by atoms with Crippen LogP contribution < -0.4 is 5.73 Å². The number of benzene rings is 1. The summed E-state index contributed by atoms with van der Waals surface area (Å²) in [6, 6.07) is 2.42. The summed E-state index contributed by atoms with van der Waals surface area (Å²) in [5.41, 5.74) is 4.79. The van der Waals surface area contributed by atoms with Crippen LogP contribution >= 0.6 is 11.6 Å². The fourth-order valence-corrected chi connectivity index (χ4v) is 1.13. The molecule has 0 unspecified atom stereocenters. The van der Waals surface area contributed by atoms with Crippen LogP contribution in [0.1, 0.15) is 5.56 Å². The van der Waals surface area contributed by atoms with Crippen LogP contribution in [0.15, 0.2) is 12.1 Å². The summed E-state index contributed by atoms with van der Waals surface area (Å²) in [5, 5.41) is 9.03. The van der Waals surface area contributed by atoms with Gasteiger partial charge in [0.05, 0.1) is 6.42 Å². The van der Waals surface area contributed by atoms with Gasteiger partial charge in [-0.25, -0.2) is 4.39 Å². The number of hydrogen-bond acceptors (Lipinski definition) is 2. The van der Waals surface area contributed by atoms with Gasteiger partial charge in [-0.15, -0.1) is 0 Å². The number of phenols is 1. The number of phenolic OH excluding ortho intramolecular Hbond substituents is 1. The second-order valence-corrected chi connectivity index (χ2v) is 2.91. The Labute approximate surface area is 78.9 Å². The Hall–Kier alpha value is -1.29. The predicted molar refractivity (Wildman–Crippen MR) is 46.0 cm³/mol. The summed E-state index contributed by atoms with van der Waals surface area (Å²) >= 11 is 5.59. The van der Waals surface area contributed by atoms with Gasteiger partial charge in [0, 0.05) is 10.6 Å². The lowest BCUT2D eigenvalue weighted by Crippen LogP contribution is -2.15. The monoisotopic (exact) mass is 203 g/mol. The van der Waals surface area contributed by atoms with Crippen LogP contribution in [0, 0.1) is 5.82 Å². The molecule has 0 aliphatic carbocycles. The lowest BCUT2D eigenvalue weighted by molar-refractivity contribution is -0.117. The zero-order valence-electron chi connectivity index (χ0n) is 6.55. The Balaban J connectivity index is 3.17. The highest BCUT2D eigenvalue weighted by molar-refractivity contribution is 6.31. The molecule has 1 amide bonds. The van der Waals surface area contributed by atoms with E-state index in [-0.39, 0.29) is 17.0 Å². The van der Waals surface area contributed by atoms with Crippen LogP contribution in [0.2, 0.25) is 5.02 Å². The van der Waals surface area contributed by atoms with Crippen molar-refractivity contribution in [3.05, 3.63) is 28.5 Å². The maximum Gasteiger partial charge on any atom is 0.222 e. The third kappa shape index (κ3) is 2.09. The average Bonchev–Trinajstić information content (AvgIpc) is 2.05. The molecule has 0 fully saturated rings. The summed E-state index contributed by atoms with van der Waals surface area (Å²) in [6.07, 6.45) is -0.320. The number of halogens is 2. The Morgan fingerprint density at radius 3 is 2.77 bits per heavy atom. The van der Waals surface area contributed by atoms with Gasteiger partial charge in [0.2, 0.25) is 5.91 Å². The summed E-state index contributed by atoms with van der Waals surface area (Å²) in [7, 11) is 0. The third-order valence-electron chi connectivity index (χ3n) is 1.52. The minimum atomic E-state index is -0.897. The molecule has 0 aromatic heterocycles. The molecule has 0 atom stereocenters. The molecule has 0 spiro atoms. The van der Waals surface area contributed by atoms with Crippen LogP contribution in [0.25, 0.3) is 0 Å². The molecule has 0 heterocycles. The highest BCUT2D eigenvalue weighted by Gasteiger charge is 2.13. The maximum atomic E-state index is 13.1. The standard InChI is InChI=1S/C8H7ClFNO2/c9-5-1-2-6(12)8(10)4(5)3-7(11)13/h1-2,12H,3H2,(H2,11,13). The number of carbonyl (C=O) groups excluding carboxylic acids is 1. The quantitative estimate of drug-likeness (QED) is 0.759. The predicted octanol–water partition coefficient (Wildman–Crippen LogP) is 1.21. The zero-order chi connectivity index (χ0) is 10.0. The molecular formula is C8H7ClFNO2. The molecule has 0 saturated heterocycles. The van der Waals surface area contributed by atoms with E-state index in [2.05, 4.69) is 0 Å². The van der Waals surface area contributed by atoms with Crippen LogP contribution in [0.4, 0.5) is 4.39 Å². The number of amides is 1. The number of aromatic hydroxyl groups is 1. The summed E-state index contributed by atoms with van der Waals surface area (Å²) in [5.74, 6) is -2.14. The average molecular weight is 204 g/mol. The Morgan fingerprint density at radius 2 is 2.23 bits per heavy atom. The Kier molecular flexibility index (Phi) is 2.72. The molecule has 70 valence electrons. The first-order valence-electron chi connectivity index (χ1n) is 3.46.